The summed E-state index contributed by atoms with van der Waals surface area (Å²) in [6, 6.07) is 10.1. The fourth-order valence-electron chi connectivity index (χ4n) is 1.94. The highest BCUT2D eigenvalue weighted by atomic mass is 16.2. The molecule has 1 aromatic rings. The number of carbonyl (C=O) groups excluding carboxylic acids is 1. The van der Waals surface area contributed by atoms with Gasteiger partial charge in [0.15, 0.2) is 0 Å². The summed E-state index contributed by atoms with van der Waals surface area (Å²) in [6.07, 6.45) is 5.78. The molecule has 0 saturated carbocycles. The molecule has 0 radical (unpaired) electrons. The Bertz CT molecular complexity index is 442. The molecule has 0 unspecified atom stereocenters. The highest BCUT2D eigenvalue weighted by Gasteiger charge is 2.31. The molecule has 0 fully saturated rings. The van der Waals surface area contributed by atoms with Gasteiger partial charge in [-0.2, -0.15) is 0 Å². The van der Waals surface area contributed by atoms with Crippen molar-refractivity contribution in [2.24, 2.45) is 5.41 Å². The average Bonchev–Trinajstić information content (AvgIpc) is 2.37. The molecule has 0 spiro atoms. The van der Waals surface area contributed by atoms with Crippen molar-refractivity contribution >= 4 is 5.91 Å². The summed E-state index contributed by atoms with van der Waals surface area (Å²) in [5.74, 6) is 2.66. The lowest BCUT2D eigenvalue weighted by atomic mass is 9.87. The van der Waals surface area contributed by atoms with Gasteiger partial charge in [-0.1, -0.05) is 44.2 Å². The molecule has 0 bridgehead atoms. The number of nitrogens with zero attached hydrogens (tertiary/aromatic N) is 1. The largest absolute Gasteiger partial charge is 0.339 e. The van der Waals surface area contributed by atoms with E-state index in [1.807, 2.05) is 58.2 Å². The third-order valence-electron chi connectivity index (χ3n) is 3.31. The lowest BCUT2D eigenvalue weighted by molar-refractivity contribution is -0.140. The first kappa shape index (κ1) is 14.3. The minimum absolute atomic E-state index is 0.0516. The van der Waals surface area contributed by atoms with E-state index < -0.39 is 5.41 Å². The predicted octanol–water partition coefficient (Wildman–Crippen LogP) is 3.26. The fraction of sp³-hybridized carbons (Fsp3) is 0.438. The Morgan fingerprint density at radius 2 is 1.94 bits per heavy atom. The number of benzene rings is 1. The van der Waals surface area contributed by atoms with Crippen LogP contribution in [-0.2, 0) is 4.79 Å². The Morgan fingerprint density at radius 1 is 1.39 bits per heavy atom. The number of rotatable bonds is 4. The highest BCUT2D eigenvalue weighted by molar-refractivity contribution is 5.82. The van der Waals surface area contributed by atoms with Crippen molar-refractivity contribution < 1.29 is 4.79 Å². The number of amides is 1. The summed E-state index contributed by atoms with van der Waals surface area (Å²) in [5.41, 5.74) is 0.622. The average molecular weight is 243 g/mol. The maximum absolute atomic E-state index is 12.4. The van der Waals surface area contributed by atoms with E-state index in [1.54, 1.807) is 4.90 Å². The van der Waals surface area contributed by atoms with Crippen LogP contribution >= 0.6 is 0 Å². The Hall–Kier alpha value is -1.75. The molecular formula is C16H21NO. The summed E-state index contributed by atoms with van der Waals surface area (Å²) >= 11 is 0. The van der Waals surface area contributed by atoms with Crippen LogP contribution < -0.4 is 0 Å². The number of carbonyl (C=O) groups is 1. The molecule has 2 nitrogen and oxygen atoms in total. The summed E-state index contributed by atoms with van der Waals surface area (Å²) < 4.78 is 0. The van der Waals surface area contributed by atoms with E-state index in [4.69, 9.17) is 6.42 Å². The molecule has 0 saturated heterocycles. The molecule has 0 aliphatic carbocycles. The van der Waals surface area contributed by atoms with Gasteiger partial charge in [0.2, 0.25) is 5.91 Å². The van der Waals surface area contributed by atoms with Crippen molar-refractivity contribution in [3.63, 3.8) is 0 Å². The highest BCUT2D eigenvalue weighted by Crippen LogP contribution is 2.27. The molecule has 0 aliphatic heterocycles. The van der Waals surface area contributed by atoms with Crippen LogP contribution in [0.5, 0.6) is 0 Å². The first-order valence-electron chi connectivity index (χ1n) is 6.16. The zero-order valence-electron chi connectivity index (χ0n) is 11.6. The van der Waals surface area contributed by atoms with Crippen LogP contribution in [0.15, 0.2) is 30.3 Å². The molecule has 0 heterocycles. The van der Waals surface area contributed by atoms with E-state index >= 15 is 0 Å². The number of terminal acetylenes is 1. The summed E-state index contributed by atoms with van der Waals surface area (Å²) in [4.78, 5) is 14.2. The molecule has 1 amide bonds. The summed E-state index contributed by atoms with van der Waals surface area (Å²) in [7, 11) is 1.83. The Labute approximate surface area is 110 Å². The van der Waals surface area contributed by atoms with Gasteiger partial charge >= 0.3 is 0 Å². The smallest absolute Gasteiger partial charge is 0.229 e. The Kier molecular flexibility index (Phi) is 4.55. The van der Waals surface area contributed by atoms with Gasteiger partial charge in [0, 0.05) is 13.5 Å². The zero-order valence-corrected chi connectivity index (χ0v) is 11.6. The number of hydrogen-bond donors (Lipinski definition) is 0. The molecular weight excluding hydrogens is 222 g/mol. The molecule has 1 rings (SSSR count). The van der Waals surface area contributed by atoms with Gasteiger partial charge in [0.05, 0.1) is 11.5 Å². The maximum atomic E-state index is 12.4. The minimum Gasteiger partial charge on any atom is -0.339 e. The van der Waals surface area contributed by atoms with Crippen molar-refractivity contribution in [1.29, 1.82) is 0 Å². The number of hydrogen-bond acceptors (Lipinski definition) is 1. The monoisotopic (exact) mass is 243 g/mol. The molecule has 0 N–H and O–H groups in total. The van der Waals surface area contributed by atoms with Crippen LogP contribution in [-0.4, -0.2) is 17.9 Å². The third kappa shape index (κ3) is 3.13. The van der Waals surface area contributed by atoms with Gasteiger partial charge in [0.1, 0.15) is 0 Å². The second-order valence-electron chi connectivity index (χ2n) is 5.27. The molecule has 18 heavy (non-hydrogen) atoms. The van der Waals surface area contributed by atoms with Gasteiger partial charge in [-0.25, -0.2) is 0 Å². The third-order valence-corrected chi connectivity index (χ3v) is 3.31. The van der Waals surface area contributed by atoms with Crippen LogP contribution in [0.25, 0.3) is 0 Å². The summed E-state index contributed by atoms with van der Waals surface area (Å²) in [6.45, 7) is 5.81. The van der Waals surface area contributed by atoms with Crippen LogP contribution in [0.2, 0.25) is 0 Å². The van der Waals surface area contributed by atoms with Gasteiger partial charge < -0.3 is 4.90 Å². The minimum atomic E-state index is -0.507. The molecule has 96 valence electrons. The normalized spacial score (nSPS) is 12.6. The van der Waals surface area contributed by atoms with Gasteiger partial charge in [-0.05, 0) is 12.5 Å². The lowest BCUT2D eigenvalue weighted by Crippen LogP contribution is -2.39. The Balaban J connectivity index is 2.85. The van der Waals surface area contributed by atoms with Crippen molar-refractivity contribution in [2.45, 2.75) is 33.2 Å². The summed E-state index contributed by atoms with van der Waals surface area (Å²) in [5, 5.41) is 0. The topological polar surface area (TPSA) is 20.3 Å². The van der Waals surface area contributed by atoms with Crippen molar-refractivity contribution in [3.8, 4) is 12.3 Å². The van der Waals surface area contributed by atoms with Crippen LogP contribution in [0.4, 0.5) is 0 Å². The first-order valence-corrected chi connectivity index (χ1v) is 6.16. The second-order valence-corrected chi connectivity index (χ2v) is 5.27. The van der Waals surface area contributed by atoms with Crippen LogP contribution in [0.3, 0.4) is 0 Å². The first-order chi connectivity index (χ1) is 8.40. The zero-order chi connectivity index (χ0) is 13.8. The van der Waals surface area contributed by atoms with E-state index in [0.29, 0.717) is 6.42 Å². The van der Waals surface area contributed by atoms with Gasteiger partial charge in [0.25, 0.3) is 0 Å². The lowest BCUT2D eigenvalue weighted by Gasteiger charge is -2.32. The molecule has 0 aliphatic rings. The predicted molar refractivity (Wildman–Crippen MR) is 74.9 cm³/mol. The van der Waals surface area contributed by atoms with Crippen LogP contribution in [0.1, 0.15) is 38.8 Å². The standard InChI is InChI=1S/C16H21NO/c1-6-12-16(3,4)15(18)17(5)13(2)14-10-8-7-9-11-14/h1,7-11,13H,12H2,2-5H3/t13-/m0/s1. The molecule has 2 heteroatoms. The van der Waals surface area contributed by atoms with E-state index in [0.717, 1.165) is 5.56 Å². The maximum Gasteiger partial charge on any atom is 0.229 e. The van der Waals surface area contributed by atoms with Crippen molar-refractivity contribution in [2.75, 3.05) is 7.05 Å². The van der Waals surface area contributed by atoms with Crippen molar-refractivity contribution in [1.82, 2.24) is 4.90 Å². The SMILES string of the molecule is C#CCC(C)(C)C(=O)N(C)[C@@H](C)c1ccccc1. The molecule has 1 atom stereocenters. The van der Waals surface area contributed by atoms with E-state index in [2.05, 4.69) is 5.92 Å². The molecule has 1 aromatic carbocycles. The Morgan fingerprint density at radius 3 is 2.44 bits per heavy atom. The van der Waals surface area contributed by atoms with Gasteiger partial charge in [-0.3, -0.25) is 4.79 Å². The fourth-order valence-corrected chi connectivity index (χ4v) is 1.94. The second kappa shape index (κ2) is 5.73. The molecule has 0 aromatic heterocycles. The quantitative estimate of drug-likeness (QED) is 0.743. The van der Waals surface area contributed by atoms with Crippen molar-refractivity contribution in [3.05, 3.63) is 35.9 Å². The van der Waals surface area contributed by atoms with E-state index in [1.165, 1.54) is 0 Å². The van der Waals surface area contributed by atoms with E-state index in [9.17, 15) is 4.79 Å². The van der Waals surface area contributed by atoms with Crippen LogP contribution in [0, 0.1) is 17.8 Å². The van der Waals surface area contributed by atoms with Gasteiger partial charge in [-0.15, -0.1) is 12.3 Å². The van der Waals surface area contributed by atoms with E-state index in [-0.39, 0.29) is 11.9 Å².